The third-order valence-corrected chi connectivity index (χ3v) is 5.59. The number of benzene rings is 1. The van der Waals surface area contributed by atoms with Crippen LogP contribution < -0.4 is 0 Å². The van der Waals surface area contributed by atoms with Crippen molar-refractivity contribution in [1.82, 2.24) is 0 Å². The molecule has 6 aliphatic rings. The Morgan fingerprint density at radius 1 is 0.205 bits per heavy atom. The van der Waals surface area contributed by atoms with E-state index in [1.807, 2.05) is 96.3 Å². The van der Waals surface area contributed by atoms with Gasteiger partial charge in [-0.2, -0.15) is 0 Å². The van der Waals surface area contributed by atoms with Crippen molar-refractivity contribution in [3.63, 3.8) is 0 Å². The van der Waals surface area contributed by atoms with Crippen molar-refractivity contribution in [1.29, 1.82) is 0 Å². The van der Waals surface area contributed by atoms with Crippen LogP contribution in [-0.2, 0) is 51.2 Å². The fourth-order valence-electron chi connectivity index (χ4n) is 3.79. The van der Waals surface area contributed by atoms with E-state index in [-0.39, 0.29) is 51.2 Å². The second-order valence-corrected chi connectivity index (χ2v) is 8.21. The second-order valence-electron chi connectivity index (χ2n) is 8.21. The molecule has 192 valence electrons. The SMILES string of the molecule is [CH]1[CH][CH][CH][CH]1.[CH]1[CH][CH][CH][CH]1.[CH]1[CH][CH][CH][CH]1.[CH]1[CH][CH][C](c2cc([C]3[CH][CH][CH][CH]3)cc([C]3[CH][CH][CH][CH]3)c2)[CH]1.[Fe+2].[Fe+2].[Fe+2]. The van der Waals surface area contributed by atoms with Gasteiger partial charge in [0.2, 0.25) is 0 Å². The van der Waals surface area contributed by atoms with Crippen LogP contribution in [0.5, 0.6) is 0 Å². The van der Waals surface area contributed by atoms with Crippen molar-refractivity contribution in [3.05, 3.63) is 226 Å². The average Bonchev–Trinajstić information content (AvgIpc) is 3.81. The van der Waals surface area contributed by atoms with Crippen LogP contribution in [-0.4, -0.2) is 0 Å². The molecule has 39 heavy (non-hydrogen) atoms. The summed E-state index contributed by atoms with van der Waals surface area (Å²) in [6.45, 7) is 0. The van der Waals surface area contributed by atoms with Gasteiger partial charge in [0.05, 0.1) is 0 Å². The van der Waals surface area contributed by atoms with E-state index in [2.05, 4.69) is 95.2 Å². The first-order chi connectivity index (χ1) is 17.9. The summed E-state index contributed by atoms with van der Waals surface area (Å²) >= 11 is 0. The van der Waals surface area contributed by atoms with Crippen LogP contribution in [0.4, 0.5) is 0 Å². The van der Waals surface area contributed by atoms with E-state index in [0.29, 0.717) is 0 Å². The molecule has 0 spiro atoms. The van der Waals surface area contributed by atoms with E-state index in [1.165, 1.54) is 34.4 Å². The fourth-order valence-corrected chi connectivity index (χ4v) is 3.79. The van der Waals surface area contributed by atoms with Crippen LogP contribution in [0.2, 0.25) is 0 Å². The Morgan fingerprint density at radius 2 is 0.359 bits per heavy atom. The van der Waals surface area contributed by atoms with Crippen molar-refractivity contribution in [2.75, 3.05) is 0 Å². The summed E-state index contributed by atoms with van der Waals surface area (Å²) in [4.78, 5) is 0. The third-order valence-electron chi connectivity index (χ3n) is 5.59. The summed E-state index contributed by atoms with van der Waals surface area (Å²) in [7, 11) is 0. The molecule has 0 amide bonds. The number of hydrogen-bond donors (Lipinski definition) is 0. The Balaban J connectivity index is 0.000000346. The topological polar surface area (TPSA) is 0 Å². The first kappa shape index (κ1) is 37.8. The molecule has 0 saturated heterocycles. The monoisotopic (exact) mass is 630 g/mol. The Hall–Kier alpha value is 0.778. The van der Waals surface area contributed by atoms with Gasteiger partial charge in [-0.15, -0.1) is 0 Å². The van der Waals surface area contributed by atoms with Crippen molar-refractivity contribution in [2.45, 2.75) is 0 Å². The zero-order valence-corrected chi connectivity index (χ0v) is 24.7. The number of rotatable bonds is 3. The van der Waals surface area contributed by atoms with Crippen molar-refractivity contribution >= 4 is 0 Å². The minimum absolute atomic E-state index is 0. The maximum atomic E-state index is 2.27. The van der Waals surface area contributed by atoms with Crippen LogP contribution in [0, 0.1) is 191 Å². The Bertz CT molecular complexity index is 557. The molecule has 0 heterocycles. The molecule has 0 aromatic heterocycles. The molecular weight excluding hydrogens is 600 g/mol. The van der Waals surface area contributed by atoms with Crippen LogP contribution in [0.3, 0.4) is 0 Å². The molecule has 1 aromatic rings. The van der Waals surface area contributed by atoms with Crippen LogP contribution in [0.15, 0.2) is 18.2 Å². The molecule has 30 radical (unpaired) electrons. The first-order valence-corrected chi connectivity index (χ1v) is 12.2. The van der Waals surface area contributed by atoms with Crippen LogP contribution in [0.25, 0.3) is 0 Å². The molecule has 0 N–H and O–H groups in total. The minimum atomic E-state index is 0. The Morgan fingerprint density at radius 3 is 0.513 bits per heavy atom. The van der Waals surface area contributed by atoms with Gasteiger partial charge in [0.25, 0.3) is 0 Å². The van der Waals surface area contributed by atoms with Gasteiger partial charge in [0, 0.05) is 17.8 Å². The van der Waals surface area contributed by atoms with E-state index in [1.54, 1.807) is 0 Å². The molecule has 0 aliphatic heterocycles. The fraction of sp³-hybridized carbons (Fsp3) is 0. The van der Waals surface area contributed by atoms with Crippen LogP contribution >= 0.6 is 0 Å². The Kier molecular flexibility index (Phi) is 22.5. The van der Waals surface area contributed by atoms with E-state index >= 15 is 0 Å². The molecule has 1 aromatic carbocycles. The molecule has 0 bridgehead atoms. The molecule has 6 fully saturated rings. The molecule has 0 nitrogen and oxygen atoms in total. The molecule has 6 saturated carbocycles. The standard InChI is InChI=1S/C21H15.3C5H5.3Fe/c1-2-8-16(7-1)19-13-20(17-9-3-4-10-17)15-21(14-19)18-11-5-6-12-18;3*1-2-4-5-3-1;;;/h1-15H;3*1-5H;;;/q;;;;3*+2. The van der Waals surface area contributed by atoms with Crippen LogP contribution in [0.1, 0.15) is 16.7 Å². The van der Waals surface area contributed by atoms with E-state index in [0.717, 1.165) is 0 Å². The molecule has 0 atom stereocenters. The summed E-state index contributed by atoms with van der Waals surface area (Å²) in [5, 5.41) is 0. The number of hydrogen-bond acceptors (Lipinski definition) is 0. The predicted octanol–water partition coefficient (Wildman–Crippen LogP) is 7.00. The summed E-state index contributed by atoms with van der Waals surface area (Å²) in [5.74, 6) is 3.82. The molecule has 3 heteroatoms. The second kappa shape index (κ2) is 23.3. The largest absolute Gasteiger partial charge is 2.00 e. The maximum Gasteiger partial charge on any atom is 2.00 e. The molecule has 6 aliphatic carbocycles. The summed E-state index contributed by atoms with van der Waals surface area (Å²) < 4.78 is 0. The third kappa shape index (κ3) is 14.2. The molecular formula is C36H30Fe3+6. The van der Waals surface area contributed by atoms with E-state index in [4.69, 9.17) is 0 Å². The van der Waals surface area contributed by atoms with Gasteiger partial charge in [-0.3, -0.25) is 0 Å². The van der Waals surface area contributed by atoms with Crippen molar-refractivity contribution in [3.8, 4) is 0 Å². The van der Waals surface area contributed by atoms with Gasteiger partial charge < -0.3 is 0 Å². The summed E-state index contributed by atoms with van der Waals surface area (Å²) in [5.41, 5.74) is 3.82. The van der Waals surface area contributed by atoms with Crippen molar-refractivity contribution in [2.24, 2.45) is 0 Å². The zero-order chi connectivity index (χ0) is 24.7. The van der Waals surface area contributed by atoms with E-state index < -0.39 is 0 Å². The van der Waals surface area contributed by atoms with Crippen molar-refractivity contribution < 1.29 is 51.2 Å². The summed E-state index contributed by atoms with van der Waals surface area (Å²) in [6, 6.07) is 6.82. The van der Waals surface area contributed by atoms with Gasteiger partial charge >= 0.3 is 51.2 Å². The molecule has 0 unspecified atom stereocenters. The quantitative estimate of drug-likeness (QED) is 0.316. The minimum Gasteiger partial charge on any atom is -0.0546 e. The van der Waals surface area contributed by atoms with Gasteiger partial charge in [-0.25, -0.2) is 0 Å². The van der Waals surface area contributed by atoms with E-state index in [9.17, 15) is 0 Å². The smallest absolute Gasteiger partial charge is 0.0546 e. The van der Waals surface area contributed by atoms with Gasteiger partial charge in [0.1, 0.15) is 0 Å². The van der Waals surface area contributed by atoms with Gasteiger partial charge in [-0.1, -0.05) is 18.2 Å². The zero-order valence-electron chi connectivity index (χ0n) is 21.4. The summed E-state index contributed by atoms with van der Waals surface area (Å²) in [6.07, 6.45) is 55.5. The van der Waals surface area contributed by atoms with Gasteiger partial charge in [-0.05, 0) is 190 Å². The maximum absolute atomic E-state index is 2.27. The Labute approximate surface area is 275 Å². The molecule has 7 rings (SSSR count). The van der Waals surface area contributed by atoms with Gasteiger partial charge in [0.15, 0.2) is 0 Å². The predicted molar refractivity (Wildman–Crippen MR) is 150 cm³/mol. The average molecular weight is 630 g/mol. The normalized spacial score (nSPS) is 22.8. The first-order valence-electron chi connectivity index (χ1n) is 12.2.